The number of benzene rings is 1. The number of hydrogen-bond donors (Lipinski definition) is 2. The van der Waals surface area contributed by atoms with Gasteiger partial charge in [-0.3, -0.25) is 4.79 Å². The van der Waals surface area contributed by atoms with Crippen LogP contribution in [0.4, 0.5) is 0 Å². The summed E-state index contributed by atoms with van der Waals surface area (Å²) in [5.41, 5.74) is 7.93. The lowest BCUT2D eigenvalue weighted by Crippen LogP contribution is -2.29. The van der Waals surface area contributed by atoms with Crippen molar-refractivity contribution in [2.45, 2.75) is 39.7 Å². The number of hydrogen-bond acceptors (Lipinski definition) is 3. The molecule has 0 radical (unpaired) electrons. The summed E-state index contributed by atoms with van der Waals surface area (Å²) >= 11 is 0. The first kappa shape index (κ1) is 15.5. The van der Waals surface area contributed by atoms with Gasteiger partial charge < -0.3 is 15.8 Å². The molecule has 0 heterocycles. The van der Waals surface area contributed by atoms with Crippen molar-refractivity contribution in [2.75, 3.05) is 13.2 Å². The fourth-order valence-corrected chi connectivity index (χ4v) is 1.81. The minimum atomic E-state index is 0.00465. The molecular weight excluding hydrogens is 240 g/mol. The van der Waals surface area contributed by atoms with Gasteiger partial charge in [0, 0.05) is 12.6 Å². The Bertz CT molecular complexity index is 396. The van der Waals surface area contributed by atoms with Crippen LogP contribution in [0.15, 0.2) is 18.2 Å². The van der Waals surface area contributed by atoms with Crippen molar-refractivity contribution in [1.82, 2.24) is 5.32 Å². The number of rotatable bonds is 7. The van der Waals surface area contributed by atoms with Crippen molar-refractivity contribution in [3.63, 3.8) is 0 Å². The van der Waals surface area contributed by atoms with Crippen molar-refractivity contribution in [3.05, 3.63) is 29.3 Å². The zero-order valence-electron chi connectivity index (χ0n) is 12.0. The smallest absolute Gasteiger partial charge is 0.223 e. The van der Waals surface area contributed by atoms with Gasteiger partial charge in [-0.25, -0.2) is 0 Å². The Morgan fingerprint density at radius 3 is 2.53 bits per heavy atom. The molecule has 0 fully saturated rings. The highest BCUT2D eigenvalue weighted by atomic mass is 16.5. The van der Waals surface area contributed by atoms with Gasteiger partial charge in [0.15, 0.2) is 0 Å². The summed E-state index contributed by atoms with van der Waals surface area (Å²) in [6.45, 7) is 7.00. The van der Waals surface area contributed by atoms with E-state index in [2.05, 4.69) is 11.4 Å². The number of ether oxygens (including phenoxy) is 1. The molecule has 1 aromatic carbocycles. The second-order valence-electron chi connectivity index (χ2n) is 5.04. The second kappa shape index (κ2) is 7.79. The number of carbonyl (C=O) groups is 1. The third kappa shape index (κ3) is 6.82. The average molecular weight is 264 g/mol. The first-order valence-electron chi connectivity index (χ1n) is 6.71. The van der Waals surface area contributed by atoms with Gasteiger partial charge in [-0.1, -0.05) is 6.07 Å². The van der Waals surface area contributed by atoms with E-state index >= 15 is 0 Å². The first-order valence-corrected chi connectivity index (χ1v) is 6.71. The van der Waals surface area contributed by atoms with Crippen LogP contribution in [0, 0.1) is 13.8 Å². The predicted molar refractivity (Wildman–Crippen MR) is 77.3 cm³/mol. The average Bonchev–Trinajstić information content (AvgIpc) is 2.27. The minimum absolute atomic E-state index is 0.00465. The molecule has 1 aromatic rings. The molecule has 0 aromatic heterocycles. The number of nitrogens with one attached hydrogen (secondary N) is 1. The molecular formula is C15H24N2O2. The topological polar surface area (TPSA) is 64.3 Å². The highest BCUT2D eigenvalue weighted by molar-refractivity contribution is 5.75. The van der Waals surface area contributed by atoms with Crippen LogP contribution >= 0.6 is 0 Å². The molecule has 4 nitrogen and oxygen atoms in total. The van der Waals surface area contributed by atoms with Crippen LogP contribution in [-0.4, -0.2) is 25.1 Å². The highest BCUT2D eigenvalue weighted by Crippen LogP contribution is 2.16. The van der Waals surface area contributed by atoms with Gasteiger partial charge in [-0.05, 0) is 50.5 Å². The Labute approximate surface area is 115 Å². The van der Waals surface area contributed by atoms with E-state index < -0.39 is 0 Å². The van der Waals surface area contributed by atoms with Gasteiger partial charge in [-0.15, -0.1) is 0 Å². The van der Waals surface area contributed by atoms with Crippen LogP contribution in [0.2, 0.25) is 0 Å². The van der Waals surface area contributed by atoms with Crippen molar-refractivity contribution >= 4 is 5.91 Å². The van der Waals surface area contributed by atoms with E-state index in [0.29, 0.717) is 19.6 Å². The van der Waals surface area contributed by atoms with Crippen LogP contribution in [0.25, 0.3) is 0 Å². The highest BCUT2D eigenvalue weighted by Gasteiger charge is 2.03. The van der Waals surface area contributed by atoms with Crippen LogP contribution in [-0.2, 0) is 4.79 Å². The summed E-state index contributed by atoms with van der Waals surface area (Å²) in [4.78, 5) is 11.5. The van der Waals surface area contributed by atoms with Crippen molar-refractivity contribution in [3.8, 4) is 5.75 Å². The number of nitrogens with two attached hydrogens (primary N) is 1. The predicted octanol–water partition coefficient (Wildman–Crippen LogP) is 1.93. The Hall–Kier alpha value is -1.55. The Morgan fingerprint density at radius 2 is 1.95 bits per heavy atom. The number of aryl methyl sites for hydroxylation is 2. The summed E-state index contributed by atoms with van der Waals surface area (Å²) < 4.78 is 5.58. The van der Waals surface area contributed by atoms with E-state index in [9.17, 15) is 4.79 Å². The fraction of sp³-hybridized carbons (Fsp3) is 0.533. The van der Waals surface area contributed by atoms with E-state index in [-0.39, 0.29) is 11.9 Å². The van der Waals surface area contributed by atoms with E-state index in [1.165, 1.54) is 0 Å². The number of amides is 1. The molecule has 0 spiro atoms. The molecule has 0 aliphatic rings. The minimum Gasteiger partial charge on any atom is -0.493 e. The zero-order chi connectivity index (χ0) is 14.3. The van der Waals surface area contributed by atoms with Crippen molar-refractivity contribution in [2.24, 2.45) is 5.73 Å². The van der Waals surface area contributed by atoms with Gasteiger partial charge in [0.05, 0.1) is 13.0 Å². The molecule has 0 aliphatic carbocycles. The quantitative estimate of drug-likeness (QED) is 0.791. The van der Waals surface area contributed by atoms with Gasteiger partial charge >= 0.3 is 0 Å². The summed E-state index contributed by atoms with van der Waals surface area (Å²) in [7, 11) is 0. The molecule has 0 aliphatic heterocycles. The molecule has 1 unspecified atom stereocenters. The van der Waals surface area contributed by atoms with E-state index in [1.54, 1.807) is 0 Å². The second-order valence-corrected chi connectivity index (χ2v) is 5.04. The van der Waals surface area contributed by atoms with Gasteiger partial charge in [0.1, 0.15) is 5.75 Å². The Balaban J connectivity index is 2.24. The van der Waals surface area contributed by atoms with Crippen LogP contribution in [0.3, 0.4) is 0 Å². The molecule has 106 valence electrons. The summed E-state index contributed by atoms with van der Waals surface area (Å²) in [5.74, 6) is 0.825. The summed E-state index contributed by atoms with van der Waals surface area (Å²) in [6.07, 6.45) is 1.16. The summed E-state index contributed by atoms with van der Waals surface area (Å²) in [5, 5.41) is 2.82. The molecule has 1 rings (SSSR count). The largest absolute Gasteiger partial charge is 0.493 e. The molecule has 0 saturated carbocycles. The first-order chi connectivity index (χ1) is 8.97. The lowest BCUT2D eigenvalue weighted by Gasteiger charge is -2.09. The molecule has 4 heteroatoms. The van der Waals surface area contributed by atoms with Gasteiger partial charge in [0.2, 0.25) is 5.91 Å². The van der Waals surface area contributed by atoms with E-state index in [0.717, 1.165) is 23.3 Å². The zero-order valence-corrected chi connectivity index (χ0v) is 12.0. The van der Waals surface area contributed by atoms with Crippen LogP contribution < -0.4 is 15.8 Å². The van der Waals surface area contributed by atoms with Gasteiger partial charge in [0.25, 0.3) is 0 Å². The molecule has 1 amide bonds. The third-order valence-corrected chi connectivity index (χ3v) is 2.71. The maximum Gasteiger partial charge on any atom is 0.223 e. The Morgan fingerprint density at radius 1 is 1.32 bits per heavy atom. The SMILES string of the molecule is Cc1cc(C)cc(OCCC(=O)NCCC(C)N)c1. The maximum atomic E-state index is 11.5. The lowest BCUT2D eigenvalue weighted by atomic mass is 10.1. The standard InChI is InChI=1S/C15H24N2O2/c1-11-8-12(2)10-14(9-11)19-7-5-15(18)17-6-4-13(3)16/h8-10,13H,4-7,16H2,1-3H3,(H,17,18). The van der Waals surface area contributed by atoms with Crippen LogP contribution in [0.5, 0.6) is 5.75 Å². The van der Waals surface area contributed by atoms with E-state index in [4.69, 9.17) is 10.5 Å². The third-order valence-electron chi connectivity index (χ3n) is 2.71. The van der Waals surface area contributed by atoms with Gasteiger partial charge in [-0.2, -0.15) is 0 Å². The normalized spacial score (nSPS) is 12.0. The molecule has 0 bridgehead atoms. The monoisotopic (exact) mass is 264 g/mol. The summed E-state index contributed by atoms with van der Waals surface area (Å²) in [6, 6.07) is 6.15. The lowest BCUT2D eigenvalue weighted by molar-refractivity contribution is -0.121. The van der Waals surface area contributed by atoms with E-state index in [1.807, 2.05) is 32.9 Å². The molecule has 3 N–H and O–H groups in total. The number of carbonyl (C=O) groups excluding carboxylic acids is 1. The Kier molecular flexibility index (Phi) is 6.36. The molecule has 1 atom stereocenters. The van der Waals surface area contributed by atoms with Crippen molar-refractivity contribution < 1.29 is 9.53 Å². The maximum absolute atomic E-state index is 11.5. The fourth-order valence-electron chi connectivity index (χ4n) is 1.81. The van der Waals surface area contributed by atoms with Crippen LogP contribution in [0.1, 0.15) is 30.9 Å². The molecule has 19 heavy (non-hydrogen) atoms. The molecule has 0 saturated heterocycles. The van der Waals surface area contributed by atoms with Crippen molar-refractivity contribution in [1.29, 1.82) is 0 Å².